The summed E-state index contributed by atoms with van der Waals surface area (Å²) >= 11 is 6.37. The lowest BCUT2D eigenvalue weighted by Gasteiger charge is -2.26. The maximum atomic E-state index is 12.3. The molecule has 168 valence electrons. The molecular formula is C25H27ClN2O4. The fourth-order valence-electron chi connectivity index (χ4n) is 3.83. The lowest BCUT2D eigenvalue weighted by atomic mass is 9.77. The zero-order valence-corrected chi connectivity index (χ0v) is 18.8. The second-order valence-corrected chi connectivity index (χ2v) is 8.39. The molecule has 1 heterocycles. The van der Waals surface area contributed by atoms with Gasteiger partial charge in [-0.05, 0) is 30.0 Å². The van der Waals surface area contributed by atoms with Crippen LogP contribution in [0.2, 0.25) is 5.02 Å². The van der Waals surface area contributed by atoms with Crippen LogP contribution in [0.5, 0.6) is 0 Å². The summed E-state index contributed by atoms with van der Waals surface area (Å²) in [6.45, 7) is 2.48. The van der Waals surface area contributed by atoms with Crippen LogP contribution in [0.3, 0.4) is 0 Å². The van der Waals surface area contributed by atoms with E-state index in [2.05, 4.69) is 11.9 Å². The minimum Gasteiger partial charge on any atom is -0.480 e. The first-order valence-corrected chi connectivity index (χ1v) is 11.0. The molecule has 3 rings (SSSR count). The van der Waals surface area contributed by atoms with Gasteiger partial charge >= 0.3 is 11.9 Å². The van der Waals surface area contributed by atoms with E-state index in [1.807, 2.05) is 28.8 Å². The number of aromatic nitrogens is 2. The number of rotatable bonds is 11. The van der Waals surface area contributed by atoms with E-state index in [0.29, 0.717) is 29.2 Å². The highest BCUT2D eigenvalue weighted by atomic mass is 35.5. The van der Waals surface area contributed by atoms with Gasteiger partial charge in [-0.2, -0.15) is 0 Å². The second-order valence-electron chi connectivity index (χ2n) is 7.98. The summed E-state index contributed by atoms with van der Waals surface area (Å²) < 4.78 is 1.92. The SMILES string of the molecule is CCCCc1ncc(CC(Cc2ccccc2)(C(=O)O)C(=O)O)n1Cc1ccccc1Cl. The molecular weight excluding hydrogens is 428 g/mol. The number of nitrogens with zero attached hydrogens (tertiary/aromatic N) is 2. The van der Waals surface area contributed by atoms with Crippen LogP contribution in [-0.2, 0) is 35.4 Å². The number of imidazole rings is 1. The van der Waals surface area contributed by atoms with E-state index in [1.54, 1.807) is 36.5 Å². The molecule has 0 fully saturated rings. The summed E-state index contributed by atoms with van der Waals surface area (Å²) in [4.78, 5) is 29.2. The molecule has 3 aromatic rings. The number of carboxylic acids is 2. The van der Waals surface area contributed by atoms with Gasteiger partial charge in [0.1, 0.15) is 5.82 Å². The van der Waals surface area contributed by atoms with Crippen molar-refractivity contribution in [3.8, 4) is 0 Å². The molecule has 0 aliphatic heterocycles. The Balaban J connectivity index is 2.03. The fraction of sp³-hybridized carbons (Fsp3) is 0.320. The molecule has 0 spiro atoms. The van der Waals surface area contributed by atoms with Crippen molar-refractivity contribution in [3.05, 3.63) is 88.5 Å². The Labute approximate surface area is 192 Å². The van der Waals surface area contributed by atoms with Crippen LogP contribution in [-0.4, -0.2) is 31.7 Å². The molecule has 2 aromatic carbocycles. The van der Waals surface area contributed by atoms with E-state index in [1.165, 1.54) is 0 Å². The van der Waals surface area contributed by atoms with Crippen molar-refractivity contribution in [1.29, 1.82) is 0 Å². The Morgan fingerprint density at radius 1 is 1.00 bits per heavy atom. The average molecular weight is 455 g/mol. The van der Waals surface area contributed by atoms with Gasteiger partial charge in [0.05, 0.1) is 6.54 Å². The molecule has 7 heteroatoms. The molecule has 0 bridgehead atoms. The molecule has 0 aliphatic carbocycles. The lowest BCUT2D eigenvalue weighted by molar-refractivity contribution is -0.164. The van der Waals surface area contributed by atoms with Gasteiger partial charge in [0.2, 0.25) is 0 Å². The van der Waals surface area contributed by atoms with Crippen LogP contribution in [0.15, 0.2) is 60.8 Å². The summed E-state index contributed by atoms with van der Waals surface area (Å²) in [7, 11) is 0. The van der Waals surface area contributed by atoms with E-state index >= 15 is 0 Å². The number of aliphatic carboxylic acids is 2. The van der Waals surface area contributed by atoms with Gasteiger partial charge in [0.25, 0.3) is 0 Å². The number of hydrogen-bond donors (Lipinski definition) is 2. The first-order chi connectivity index (χ1) is 15.4. The van der Waals surface area contributed by atoms with Gasteiger partial charge < -0.3 is 14.8 Å². The van der Waals surface area contributed by atoms with Crippen molar-refractivity contribution < 1.29 is 19.8 Å². The number of carbonyl (C=O) groups is 2. The van der Waals surface area contributed by atoms with Crippen LogP contribution >= 0.6 is 11.6 Å². The number of halogens is 1. The predicted octanol–water partition coefficient (Wildman–Crippen LogP) is 4.87. The summed E-state index contributed by atoms with van der Waals surface area (Å²) in [6, 6.07) is 16.3. The maximum absolute atomic E-state index is 12.3. The molecule has 2 N–H and O–H groups in total. The first kappa shape index (κ1) is 23.5. The average Bonchev–Trinajstić information content (AvgIpc) is 3.14. The second kappa shape index (κ2) is 10.5. The third kappa shape index (κ3) is 5.19. The summed E-state index contributed by atoms with van der Waals surface area (Å²) in [5, 5.41) is 20.7. The molecule has 0 saturated carbocycles. The highest BCUT2D eigenvalue weighted by Gasteiger charge is 2.47. The predicted molar refractivity (Wildman–Crippen MR) is 123 cm³/mol. The first-order valence-electron chi connectivity index (χ1n) is 10.6. The van der Waals surface area contributed by atoms with Gasteiger partial charge in [-0.3, -0.25) is 9.59 Å². The Kier molecular flexibility index (Phi) is 7.70. The largest absolute Gasteiger partial charge is 0.480 e. The molecule has 0 unspecified atom stereocenters. The molecule has 0 radical (unpaired) electrons. The van der Waals surface area contributed by atoms with Gasteiger partial charge in [-0.15, -0.1) is 0 Å². The van der Waals surface area contributed by atoms with Crippen LogP contribution in [0, 0.1) is 5.41 Å². The van der Waals surface area contributed by atoms with E-state index in [-0.39, 0.29) is 12.8 Å². The minimum atomic E-state index is -2.01. The smallest absolute Gasteiger partial charge is 0.321 e. The Bertz CT molecular complexity index is 1060. The summed E-state index contributed by atoms with van der Waals surface area (Å²) in [6.07, 6.45) is 3.92. The highest BCUT2D eigenvalue weighted by Crippen LogP contribution is 2.31. The van der Waals surface area contributed by atoms with Gasteiger partial charge in [-0.1, -0.05) is 73.5 Å². The van der Waals surface area contributed by atoms with E-state index in [0.717, 1.165) is 24.2 Å². The van der Waals surface area contributed by atoms with Crippen molar-refractivity contribution in [2.75, 3.05) is 0 Å². The monoisotopic (exact) mass is 454 g/mol. The van der Waals surface area contributed by atoms with Crippen LogP contribution < -0.4 is 0 Å². The standard InChI is InChI=1S/C25H27ClN2O4/c1-2-3-13-22-27-16-20(28(22)17-19-11-7-8-12-21(19)26)15-25(23(29)30,24(31)32)14-18-9-5-4-6-10-18/h4-12,16H,2-3,13-15,17H2,1H3,(H,29,30)(H,31,32). The van der Waals surface area contributed by atoms with Crippen molar-refractivity contribution >= 4 is 23.5 Å². The summed E-state index contributed by atoms with van der Waals surface area (Å²) in [5.41, 5.74) is 0.0738. The van der Waals surface area contributed by atoms with Gasteiger partial charge in [-0.25, -0.2) is 4.98 Å². The third-order valence-corrected chi connectivity index (χ3v) is 6.08. The Morgan fingerprint density at radius 2 is 1.66 bits per heavy atom. The number of aryl methyl sites for hydroxylation is 1. The molecule has 0 amide bonds. The van der Waals surface area contributed by atoms with Crippen LogP contribution in [0.4, 0.5) is 0 Å². The van der Waals surface area contributed by atoms with E-state index in [4.69, 9.17) is 11.6 Å². The molecule has 6 nitrogen and oxygen atoms in total. The van der Waals surface area contributed by atoms with Crippen LogP contribution in [0.1, 0.15) is 42.4 Å². The van der Waals surface area contributed by atoms with Crippen molar-refractivity contribution in [2.45, 2.75) is 45.6 Å². The normalized spacial score (nSPS) is 11.4. The number of carboxylic acid groups (broad SMARTS) is 2. The van der Waals surface area contributed by atoms with Crippen molar-refractivity contribution in [3.63, 3.8) is 0 Å². The highest BCUT2D eigenvalue weighted by molar-refractivity contribution is 6.31. The minimum absolute atomic E-state index is 0.125. The zero-order chi connectivity index (χ0) is 23.1. The van der Waals surface area contributed by atoms with Gasteiger partial charge in [0, 0.05) is 29.8 Å². The quantitative estimate of drug-likeness (QED) is 0.403. The molecule has 32 heavy (non-hydrogen) atoms. The number of hydrogen-bond acceptors (Lipinski definition) is 3. The van der Waals surface area contributed by atoms with Crippen molar-refractivity contribution in [2.24, 2.45) is 5.41 Å². The van der Waals surface area contributed by atoms with E-state index in [9.17, 15) is 19.8 Å². The van der Waals surface area contributed by atoms with Crippen LogP contribution in [0.25, 0.3) is 0 Å². The van der Waals surface area contributed by atoms with Crippen molar-refractivity contribution in [1.82, 2.24) is 9.55 Å². The molecule has 0 aliphatic rings. The Hall–Kier alpha value is -3.12. The molecule has 1 aromatic heterocycles. The maximum Gasteiger partial charge on any atom is 0.321 e. The number of benzene rings is 2. The van der Waals surface area contributed by atoms with Gasteiger partial charge in [0.15, 0.2) is 5.41 Å². The molecule has 0 saturated heterocycles. The van der Waals surface area contributed by atoms with E-state index < -0.39 is 17.4 Å². The lowest BCUT2D eigenvalue weighted by Crippen LogP contribution is -2.44. The zero-order valence-electron chi connectivity index (χ0n) is 18.0. The summed E-state index contributed by atoms with van der Waals surface area (Å²) in [5.74, 6) is -1.94. The fourth-order valence-corrected chi connectivity index (χ4v) is 4.02. The molecule has 0 atom stereocenters. The Morgan fingerprint density at radius 3 is 2.28 bits per heavy atom. The number of unbranched alkanes of at least 4 members (excludes halogenated alkanes) is 1. The topological polar surface area (TPSA) is 92.4 Å². The third-order valence-electron chi connectivity index (χ3n) is 5.71.